The van der Waals surface area contributed by atoms with Crippen molar-refractivity contribution in [3.63, 3.8) is 0 Å². The van der Waals surface area contributed by atoms with E-state index in [2.05, 4.69) is 11.0 Å². The smallest absolute Gasteiger partial charge is 0.311 e. The highest BCUT2D eigenvalue weighted by atomic mass is 32.2. The lowest BCUT2D eigenvalue weighted by Gasteiger charge is -2.38. The van der Waals surface area contributed by atoms with E-state index in [0.29, 0.717) is 64.1 Å². The molecule has 0 aliphatic carbocycles. The molecule has 3 heterocycles. The number of rotatable bonds is 6. The van der Waals surface area contributed by atoms with Crippen LogP contribution in [0.4, 0.5) is 10.1 Å². The molecule has 0 atom stereocenters. The van der Waals surface area contributed by atoms with Crippen LogP contribution in [0.25, 0.3) is 33.3 Å². The van der Waals surface area contributed by atoms with Crippen molar-refractivity contribution >= 4 is 43.9 Å². The number of nitrogens with zero attached hydrogens (tertiary/aromatic N) is 3. The average molecular weight is 628 g/mol. The number of aryl methyl sites for hydroxylation is 1. The molecule has 224 valence electrons. The lowest BCUT2D eigenvalue weighted by Crippen LogP contribution is -2.43. The van der Waals surface area contributed by atoms with E-state index in [9.17, 15) is 22.9 Å². The molecular weight excluding hydrogens is 598 g/mol. The molecule has 0 unspecified atom stereocenters. The summed E-state index contributed by atoms with van der Waals surface area (Å²) in [6.45, 7) is 5.02. The fraction of sp³-hybridized carbons (Fsp3) is 0.235. The van der Waals surface area contributed by atoms with Gasteiger partial charge in [0, 0.05) is 40.9 Å². The Balaban J connectivity index is 1.60. The molecule has 1 saturated heterocycles. The molecule has 0 radical (unpaired) electrons. The van der Waals surface area contributed by atoms with Crippen LogP contribution in [0.1, 0.15) is 30.2 Å². The predicted molar refractivity (Wildman–Crippen MR) is 171 cm³/mol. The van der Waals surface area contributed by atoms with Crippen LogP contribution in [0.2, 0.25) is 0 Å². The van der Waals surface area contributed by atoms with Gasteiger partial charge in [-0.15, -0.1) is 11.3 Å². The van der Waals surface area contributed by atoms with Gasteiger partial charge in [0.2, 0.25) is 0 Å². The first-order valence-electron chi connectivity index (χ1n) is 14.2. The van der Waals surface area contributed by atoms with E-state index in [0.717, 1.165) is 11.3 Å². The van der Waals surface area contributed by atoms with Gasteiger partial charge in [-0.05, 0) is 80.6 Å². The zero-order valence-corrected chi connectivity index (χ0v) is 26.1. The largest absolute Gasteiger partial charge is 0.469 e. The number of methoxy groups -OCH3 is 1. The van der Waals surface area contributed by atoms with Crippen LogP contribution in [-0.4, -0.2) is 38.6 Å². The molecule has 7 nitrogen and oxygen atoms in total. The summed E-state index contributed by atoms with van der Waals surface area (Å²) in [7, 11) is -2.78. The number of esters is 1. The molecule has 5 aromatic rings. The van der Waals surface area contributed by atoms with Gasteiger partial charge in [-0.25, -0.2) is 16.8 Å². The third kappa shape index (κ3) is 4.96. The molecule has 0 saturated carbocycles. The first-order valence-corrected chi connectivity index (χ1v) is 16.5. The number of carbonyl (C=O) groups excluding carboxylic acids is 1. The average Bonchev–Trinajstić information content (AvgIpc) is 3.63. The predicted octanol–water partition coefficient (Wildman–Crippen LogP) is 7.37. The fourth-order valence-electron chi connectivity index (χ4n) is 5.99. The number of nitriles is 1. The summed E-state index contributed by atoms with van der Waals surface area (Å²) in [5.41, 5.74) is 3.48. The van der Waals surface area contributed by atoms with Crippen LogP contribution in [0.3, 0.4) is 0 Å². The molecule has 0 spiro atoms. The Kier molecular flexibility index (Phi) is 7.56. The number of piperidine rings is 1. The second-order valence-electron chi connectivity index (χ2n) is 11.3. The SMILES string of the molecule is COC(=O)C1(C)CCN(c2cccc(-c3c(-c4ccsc4C#N)c4cc(F)ccc4n3S(=O)(=O)c3ccc(C)cc3)c2)CC1. The van der Waals surface area contributed by atoms with Crippen molar-refractivity contribution in [2.45, 2.75) is 31.6 Å². The van der Waals surface area contributed by atoms with Gasteiger partial charge in [0.15, 0.2) is 0 Å². The molecule has 44 heavy (non-hydrogen) atoms. The van der Waals surface area contributed by atoms with Gasteiger partial charge >= 0.3 is 5.97 Å². The van der Waals surface area contributed by atoms with E-state index in [1.165, 1.54) is 40.6 Å². The molecular formula is C34H30FN3O4S2. The van der Waals surface area contributed by atoms with Gasteiger partial charge in [0.05, 0.1) is 28.6 Å². The molecule has 6 rings (SSSR count). The fourth-order valence-corrected chi connectivity index (χ4v) is 8.22. The van der Waals surface area contributed by atoms with Crippen LogP contribution >= 0.6 is 11.3 Å². The molecule has 2 aromatic heterocycles. The van der Waals surface area contributed by atoms with E-state index in [1.807, 2.05) is 38.1 Å². The summed E-state index contributed by atoms with van der Waals surface area (Å²) in [4.78, 5) is 15.1. The van der Waals surface area contributed by atoms with Crippen molar-refractivity contribution in [2.24, 2.45) is 5.41 Å². The van der Waals surface area contributed by atoms with E-state index in [-0.39, 0.29) is 10.9 Å². The van der Waals surface area contributed by atoms with E-state index in [1.54, 1.807) is 35.7 Å². The highest BCUT2D eigenvalue weighted by Gasteiger charge is 2.38. The standard InChI is InChI=1S/C34H30FN3O4S2/c1-22-7-10-26(11-8-22)44(40,41)38-29-12-9-24(35)20-28(29)31(27-13-18-43-30(27)21-36)32(38)23-5-4-6-25(19-23)37-16-14-34(2,15-17-37)33(39)42-3/h4-13,18-20H,14-17H2,1-3H3. The maximum Gasteiger partial charge on any atom is 0.311 e. The number of thiophene rings is 1. The zero-order chi connectivity index (χ0) is 31.2. The van der Waals surface area contributed by atoms with Crippen LogP contribution in [-0.2, 0) is 19.6 Å². The minimum absolute atomic E-state index is 0.0947. The van der Waals surface area contributed by atoms with Crippen LogP contribution in [0, 0.1) is 29.5 Å². The van der Waals surface area contributed by atoms with Crippen LogP contribution in [0.5, 0.6) is 0 Å². The number of fused-ring (bicyclic) bond motifs is 1. The monoisotopic (exact) mass is 627 g/mol. The van der Waals surface area contributed by atoms with Crippen molar-refractivity contribution < 1.29 is 22.3 Å². The minimum atomic E-state index is -4.18. The lowest BCUT2D eigenvalue weighted by molar-refractivity contribution is -0.152. The third-order valence-corrected chi connectivity index (χ3v) is 11.1. The number of hydrogen-bond acceptors (Lipinski definition) is 7. The minimum Gasteiger partial charge on any atom is -0.469 e. The highest BCUT2D eigenvalue weighted by Crippen LogP contribution is 2.46. The van der Waals surface area contributed by atoms with E-state index in [4.69, 9.17) is 4.74 Å². The van der Waals surface area contributed by atoms with E-state index < -0.39 is 21.3 Å². The van der Waals surface area contributed by atoms with Crippen molar-refractivity contribution in [1.82, 2.24) is 3.97 Å². The second kappa shape index (κ2) is 11.2. The summed E-state index contributed by atoms with van der Waals surface area (Å²) in [5, 5.41) is 12.1. The lowest BCUT2D eigenvalue weighted by atomic mass is 9.80. The molecule has 1 aliphatic heterocycles. The molecule has 10 heteroatoms. The number of ether oxygens (including phenoxy) is 1. The molecule has 1 aliphatic rings. The number of benzene rings is 3. The van der Waals surface area contributed by atoms with Crippen molar-refractivity contribution in [3.8, 4) is 28.5 Å². The Hall–Kier alpha value is -4.46. The van der Waals surface area contributed by atoms with Gasteiger partial charge < -0.3 is 9.64 Å². The first kappa shape index (κ1) is 29.6. The zero-order valence-electron chi connectivity index (χ0n) is 24.5. The summed E-state index contributed by atoms with van der Waals surface area (Å²) in [5.74, 6) is -0.739. The quantitative estimate of drug-likeness (QED) is 0.183. The number of aromatic nitrogens is 1. The Morgan fingerprint density at radius 3 is 2.45 bits per heavy atom. The Bertz CT molecular complexity index is 2050. The number of carbonyl (C=O) groups is 1. The summed E-state index contributed by atoms with van der Waals surface area (Å²) >= 11 is 1.25. The van der Waals surface area contributed by atoms with Gasteiger partial charge in [0.1, 0.15) is 16.8 Å². The molecule has 1 fully saturated rings. The van der Waals surface area contributed by atoms with E-state index >= 15 is 0 Å². The summed E-state index contributed by atoms with van der Waals surface area (Å²) in [6.07, 6.45) is 1.22. The second-order valence-corrected chi connectivity index (χ2v) is 14.0. The van der Waals surface area contributed by atoms with Crippen LogP contribution < -0.4 is 4.90 Å². The molecule has 3 aromatic carbocycles. The summed E-state index contributed by atoms with van der Waals surface area (Å²) in [6, 6.07) is 22.2. The number of halogens is 1. The highest BCUT2D eigenvalue weighted by molar-refractivity contribution is 7.90. The number of hydrogen-bond donors (Lipinski definition) is 0. The number of anilines is 1. The van der Waals surface area contributed by atoms with Gasteiger partial charge in [-0.2, -0.15) is 5.26 Å². The van der Waals surface area contributed by atoms with Crippen molar-refractivity contribution in [1.29, 1.82) is 5.26 Å². The molecule has 0 bridgehead atoms. The maximum atomic E-state index is 14.8. The van der Waals surface area contributed by atoms with Gasteiger partial charge in [-0.3, -0.25) is 4.79 Å². The summed E-state index contributed by atoms with van der Waals surface area (Å²) < 4.78 is 50.1. The Morgan fingerprint density at radius 2 is 1.77 bits per heavy atom. The van der Waals surface area contributed by atoms with Crippen LogP contribution in [0.15, 0.2) is 83.1 Å². The normalized spacial score (nSPS) is 14.8. The maximum absolute atomic E-state index is 14.8. The Morgan fingerprint density at radius 1 is 1.05 bits per heavy atom. The third-order valence-electron chi connectivity index (χ3n) is 8.51. The molecule has 0 N–H and O–H groups in total. The van der Waals surface area contributed by atoms with Crippen molar-refractivity contribution in [2.75, 3.05) is 25.1 Å². The topological polar surface area (TPSA) is 92.4 Å². The first-order chi connectivity index (χ1) is 21.1. The Labute approximate surface area is 259 Å². The molecule has 0 amide bonds. The van der Waals surface area contributed by atoms with Gasteiger partial charge in [-0.1, -0.05) is 29.8 Å². The van der Waals surface area contributed by atoms with Gasteiger partial charge in [0.25, 0.3) is 10.0 Å². The van der Waals surface area contributed by atoms with Crippen molar-refractivity contribution in [3.05, 3.63) is 94.4 Å².